The normalized spacial score (nSPS) is 18.6. The number of aromatic nitrogens is 1. The Hall–Kier alpha value is -1.49. The van der Waals surface area contributed by atoms with Crippen molar-refractivity contribution in [3.8, 4) is 0 Å². The van der Waals surface area contributed by atoms with Crippen LogP contribution >= 0.6 is 12.4 Å². The lowest BCUT2D eigenvalue weighted by Gasteiger charge is -2.16. The minimum absolute atomic E-state index is 0. The molecule has 0 aromatic carbocycles. The molecule has 0 aliphatic carbocycles. The lowest BCUT2D eigenvalue weighted by atomic mass is 10.1. The van der Waals surface area contributed by atoms with Crippen molar-refractivity contribution in [2.24, 2.45) is 13.0 Å². The third-order valence-electron chi connectivity index (χ3n) is 3.42. The summed E-state index contributed by atoms with van der Waals surface area (Å²) >= 11 is 0. The molecule has 1 aliphatic rings. The molecule has 1 saturated heterocycles. The second kappa shape index (κ2) is 5.44. The van der Waals surface area contributed by atoms with Crippen LogP contribution in [0.5, 0.6) is 0 Å². The second-order valence-corrected chi connectivity index (χ2v) is 4.49. The van der Waals surface area contributed by atoms with Gasteiger partial charge in [-0.2, -0.15) is 0 Å². The van der Waals surface area contributed by atoms with E-state index in [0.29, 0.717) is 25.2 Å². The molecule has 1 atom stereocenters. The fourth-order valence-electron chi connectivity index (χ4n) is 2.14. The topological polar surface area (TPSA) is 62.5 Å². The Kier molecular flexibility index (Phi) is 4.40. The van der Waals surface area contributed by atoms with Crippen LogP contribution in [0.4, 0.5) is 0 Å². The zero-order chi connectivity index (χ0) is 12.6. The SMILES string of the molecule is Cc1ccc(C(=O)N2CCC(C(=O)O)C2)n1C.Cl. The van der Waals surface area contributed by atoms with Gasteiger partial charge < -0.3 is 14.6 Å². The molecule has 1 unspecified atom stereocenters. The fourth-order valence-corrected chi connectivity index (χ4v) is 2.14. The molecule has 1 aromatic heterocycles. The Labute approximate surface area is 112 Å². The fraction of sp³-hybridized carbons (Fsp3) is 0.500. The van der Waals surface area contributed by atoms with Crippen molar-refractivity contribution in [2.75, 3.05) is 13.1 Å². The van der Waals surface area contributed by atoms with Gasteiger partial charge in [0, 0.05) is 25.8 Å². The van der Waals surface area contributed by atoms with E-state index in [0.717, 1.165) is 5.69 Å². The number of aryl methyl sites for hydroxylation is 1. The summed E-state index contributed by atoms with van der Waals surface area (Å²) < 4.78 is 1.83. The van der Waals surface area contributed by atoms with Crippen LogP contribution in [0.2, 0.25) is 0 Å². The third kappa shape index (κ3) is 2.51. The number of nitrogens with zero attached hydrogens (tertiary/aromatic N) is 2. The Morgan fingerprint density at radius 1 is 1.39 bits per heavy atom. The van der Waals surface area contributed by atoms with E-state index in [1.807, 2.05) is 24.6 Å². The smallest absolute Gasteiger partial charge is 0.308 e. The highest BCUT2D eigenvalue weighted by Crippen LogP contribution is 2.19. The van der Waals surface area contributed by atoms with Crippen molar-refractivity contribution in [3.05, 3.63) is 23.5 Å². The molecule has 1 aromatic rings. The van der Waals surface area contributed by atoms with Crippen LogP contribution in [0.25, 0.3) is 0 Å². The van der Waals surface area contributed by atoms with E-state index < -0.39 is 11.9 Å². The predicted molar refractivity (Wildman–Crippen MR) is 69.0 cm³/mol. The zero-order valence-electron chi connectivity index (χ0n) is 10.4. The first-order valence-electron chi connectivity index (χ1n) is 5.65. The van der Waals surface area contributed by atoms with E-state index in [1.165, 1.54) is 0 Å². The molecule has 0 spiro atoms. The van der Waals surface area contributed by atoms with Gasteiger partial charge in [-0.05, 0) is 25.5 Å². The van der Waals surface area contributed by atoms with Crippen LogP contribution in [0.15, 0.2) is 12.1 Å². The van der Waals surface area contributed by atoms with Gasteiger partial charge in [-0.3, -0.25) is 9.59 Å². The van der Waals surface area contributed by atoms with E-state index >= 15 is 0 Å². The van der Waals surface area contributed by atoms with Gasteiger partial charge in [0.2, 0.25) is 0 Å². The Morgan fingerprint density at radius 2 is 2.06 bits per heavy atom. The molecule has 2 rings (SSSR count). The maximum Gasteiger partial charge on any atom is 0.308 e. The number of halogens is 1. The van der Waals surface area contributed by atoms with E-state index in [4.69, 9.17) is 5.11 Å². The molecule has 6 heteroatoms. The number of carboxylic acids is 1. The van der Waals surface area contributed by atoms with Crippen molar-refractivity contribution < 1.29 is 14.7 Å². The van der Waals surface area contributed by atoms with Gasteiger partial charge in [-0.1, -0.05) is 0 Å². The van der Waals surface area contributed by atoms with Crippen LogP contribution in [-0.2, 0) is 11.8 Å². The molecule has 0 bridgehead atoms. The first-order chi connectivity index (χ1) is 8.00. The minimum atomic E-state index is -0.816. The predicted octanol–water partition coefficient (Wildman–Crippen LogP) is 1.30. The molecular formula is C12H17ClN2O3. The molecule has 0 saturated carbocycles. The molecule has 5 nitrogen and oxygen atoms in total. The summed E-state index contributed by atoms with van der Waals surface area (Å²) in [5, 5.41) is 8.90. The number of hydrogen-bond acceptors (Lipinski definition) is 2. The Balaban J connectivity index is 0.00000162. The van der Waals surface area contributed by atoms with Crippen LogP contribution < -0.4 is 0 Å². The molecular weight excluding hydrogens is 256 g/mol. The molecule has 1 N–H and O–H groups in total. The summed E-state index contributed by atoms with van der Waals surface area (Å²) in [5.41, 5.74) is 1.64. The van der Waals surface area contributed by atoms with Gasteiger partial charge >= 0.3 is 5.97 Å². The van der Waals surface area contributed by atoms with Crippen molar-refractivity contribution in [1.82, 2.24) is 9.47 Å². The average Bonchev–Trinajstić information content (AvgIpc) is 2.87. The maximum absolute atomic E-state index is 12.2. The number of aliphatic carboxylic acids is 1. The van der Waals surface area contributed by atoms with Gasteiger partial charge in [0.15, 0.2) is 0 Å². The molecule has 18 heavy (non-hydrogen) atoms. The van der Waals surface area contributed by atoms with Crippen LogP contribution in [0, 0.1) is 12.8 Å². The highest BCUT2D eigenvalue weighted by molar-refractivity contribution is 5.93. The quantitative estimate of drug-likeness (QED) is 0.883. The van der Waals surface area contributed by atoms with Crippen LogP contribution in [0.3, 0.4) is 0 Å². The number of carbonyl (C=O) groups is 2. The average molecular weight is 273 g/mol. The monoisotopic (exact) mass is 272 g/mol. The summed E-state index contributed by atoms with van der Waals surface area (Å²) in [7, 11) is 1.84. The van der Waals surface area contributed by atoms with Crippen LogP contribution in [-0.4, -0.2) is 39.5 Å². The standard InChI is InChI=1S/C12H16N2O3.ClH/c1-8-3-4-10(13(8)2)11(15)14-6-5-9(7-14)12(16)17;/h3-4,9H,5-7H2,1-2H3,(H,16,17);1H. The summed E-state index contributed by atoms with van der Waals surface area (Å²) in [5.74, 6) is -1.31. The lowest BCUT2D eigenvalue weighted by Crippen LogP contribution is -2.31. The van der Waals surface area contributed by atoms with Gasteiger partial charge in [0.25, 0.3) is 5.91 Å². The molecule has 100 valence electrons. The number of likely N-dealkylation sites (tertiary alicyclic amines) is 1. The Morgan fingerprint density at radius 3 is 2.50 bits per heavy atom. The number of rotatable bonds is 2. The van der Waals surface area contributed by atoms with Gasteiger partial charge in [-0.15, -0.1) is 12.4 Å². The number of hydrogen-bond donors (Lipinski definition) is 1. The van der Waals surface area contributed by atoms with Crippen molar-refractivity contribution >= 4 is 24.3 Å². The third-order valence-corrected chi connectivity index (χ3v) is 3.42. The van der Waals surface area contributed by atoms with Crippen molar-refractivity contribution in [3.63, 3.8) is 0 Å². The highest BCUT2D eigenvalue weighted by atomic mass is 35.5. The molecule has 2 heterocycles. The van der Waals surface area contributed by atoms with E-state index in [-0.39, 0.29) is 18.3 Å². The van der Waals surface area contributed by atoms with Gasteiger partial charge in [-0.25, -0.2) is 0 Å². The maximum atomic E-state index is 12.2. The van der Waals surface area contributed by atoms with Crippen LogP contribution in [0.1, 0.15) is 22.6 Å². The van der Waals surface area contributed by atoms with Crippen molar-refractivity contribution in [2.45, 2.75) is 13.3 Å². The minimum Gasteiger partial charge on any atom is -0.481 e. The Bertz CT molecular complexity index is 470. The summed E-state index contributed by atoms with van der Waals surface area (Å²) in [6.07, 6.45) is 0.546. The van der Waals surface area contributed by atoms with Crippen molar-refractivity contribution in [1.29, 1.82) is 0 Å². The molecule has 1 aliphatic heterocycles. The lowest BCUT2D eigenvalue weighted by molar-refractivity contribution is -0.141. The molecule has 1 fully saturated rings. The highest BCUT2D eigenvalue weighted by Gasteiger charge is 2.32. The zero-order valence-corrected chi connectivity index (χ0v) is 11.2. The molecule has 0 radical (unpaired) electrons. The summed E-state index contributed by atoms with van der Waals surface area (Å²) in [4.78, 5) is 24.6. The van der Waals surface area contributed by atoms with Gasteiger partial charge in [0.1, 0.15) is 5.69 Å². The first-order valence-corrected chi connectivity index (χ1v) is 5.65. The molecule has 1 amide bonds. The summed E-state index contributed by atoms with van der Waals surface area (Å²) in [6, 6.07) is 3.67. The van der Waals surface area contributed by atoms with E-state index in [9.17, 15) is 9.59 Å². The second-order valence-electron chi connectivity index (χ2n) is 4.49. The first kappa shape index (κ1) is 14.6. The van der Waals surface area contributed by atoms with E-state index in [1.54, 1.807) is 11.0 Å². The summed E-state index contributed by atoms with van der Waals surface area (Å²) in [6.45, 7) is 2.78. The van der Waals surface area contributed by atoms with Gasteiger partial charge in [0.05, 0.1) is 5.92 Å². The van der Waals surface area contributed by atoms with E-state index in [2.05, 4.69) is 0 Å². The largest absolute Gasteiger partial charge is 0.481 e. The number of carbonyl (C=O) groups excluding carboxylic acids is 1. The number of amides is 1. The number of carboxylic acid groups (broad SMARTS) is 1.